The number of para-hydroxylation sites is 1. The molecule has 0 atom stereocenters. The first kappa shape index (κ1) is 31.6. The number of benzene rings is 9. The van der Waals surface area contributed by atoms with Crippen LogP contribution in [0.25, 0.3) is 76.9 Å². The summed E-state index contributed by atoms with van der Waals surface area (Å²) in [7, 11) is 0. The molecule has 11 rings (SSSR count). The molecule has 0 unspecified atom stereocenters. The van der Waals surface area contributed by atoms with Gasteiger partial charge in [-0.1, -0.05) is 153 Å². The maximum Gasteiger partial charge on any atom is 0.137 e. The third-order valence-electron chi connectivity index (χ3n) is 11.8. The Morgan fingerprint density at radius 2 is 1.02 bits per heavy atom. The van der Waals surface area contributed by atoms with Crippen molar-refractivity contribution < 1.29 is 4.42 Å². The first-order valence-corrected chi connectivity index (χ1v) is 19.1. The molecule has 0 N–H and O–H groups in total. The smallest absolute Gasteiger partial charge is 0.137 e. The van der Waals surface area contributed by atoms with Crippen molar-refractivity contribution in [1.29, 1.82) is 0 Å². The average molecular weight is 704 g/mol. The van der Waals surface area contributed by atoms with Gasteiger partial charge in [0, 0.05) is 22.1 Å². The lowest BCUT2D eigenvalue weighted by Gasteiger charge is -2.31. The van der Waals surface area contributed by atoms with Crippen molar-refractivity contribution in [3.8, 4) is 33.4 Å². The largest absolute Gasteiger partial charge is 0.456 e. The molecule has 1 heterocycles. The van der Waals surface area contributed by atoms with Gasteiger partial charge in [-0.3, -0.25) is 0 Å². The first-order chi connectivity index (χ1) is 27.0. The Morgan fingerprint density at radius 3 is 1.84 bits per heavy atom. The van der Waals surface area contributed by atoms with Crippen molar-refractivity contribution in [2.24, 2.45) is 0 Å². The van der Waals surface area contributed by atoms with Crippen LogP contribution in [0.15, 0.2) is 192 Å². The van der Waals surface area contributed by atoms with E-state index < -0.39 is 0 Å². The van der Waals surface area contributed by atoms with Crippen LogP contribution in [-0.4, -0.2) is 0 Å². The lowest BCUT2D eigenvalue weighted by molar-refractivity contribution is 0.660. The van der Waals surface area contributed by atoms with Gasteiger partial charge >= 0.3 is 0 Å². The summed E-state index contributed by atoms with van der Waals surface area (Å²) < 4.78 is 6.53. The van der Waals surface area contributed by atoms with Crippen molar-refractivity contribution in [3.63, 3.8) is 0 Å². The van der Waals surface area contributed by atoms with Crippen LogP contribution in [-0.2, 0) is 5.41 Å². The molecule has 0 fully saturated rings. The molecule has 2 nitrogen and oxygen atoms in total. The van der Waals surface area contributed by atoms with E-state index in [1.807, 2.05) is 6.07 Å². The van der Waals surface area contributed by atoms with Crippen LogP contribution in [0.2, 0.25) is 0 Å². The number of furan rings is 1. The van der Waals surface area contributed by atoms with Crippen LogP contribution in [0.4, 0.5) is 17.1 Å². The Kier molecular flexibility index (Phi) is 6.93. The topological polar surface area (TPSA) is 16.4 Å². The van der Waals surface area contributed by atoms with Crippen LogP contribution < -0.4 is 4.90 Å². The Bertz CT molecular complexity index is 3150. The van der Waals surface area contributed by atoms with Gasteiger partial charge < -0.3 is 9.32 Å². The van der Waals surface area contributed by atoms with Gasteiger partial charge in [-0.15, -0.1) is 0 Å². The fraction of sp³-hybridized carbons (Fsp3) is 0.0566. The van der Waals surface area contributed by atoms with E-state index in [0.29, 0.717) is 0 Å². The molecule has 0 amide bonds. The molecule has 0 aliphatic heterocycles. The molecule has 0 saturated carbocycles. The molecule has 55 heavy (non-hydrogen) atoms. The molecule has 0 spiro atoms. The first-order valence-electron chi connectivity index (χ1n) is 19.1. The quantitative estimate of drug-likeness (QED) is 0.177. The second-order valence-corrected chi connectivity index (χ2v) is 15.3. The second-order valence-electron chi connectivity index (χ2n) is 15.3. The maximum atomic E-state index is 6.53. The summed E-state index contributed by atoms with van der Waals surface area (Å²) in [5.41, 5.74) is 14.9. The third kappa shape index (κ3) is 4.88. The predicted octanol–water partition coefficient (Wildman–Crippen LogP) is 15.0. The lowest BCUT2D eigenvalue weighted by atomic mass is 9.82. The molecule has 0 bridgehead atoms. The Morgan fingerprint density at radius 1 is 0.418 bits per heavy atom. The van der Waals surface area contributed by atoms with E-state index in [2.05, 4.69) is 201 Å². The molecule has 1 aliphatic carbocycles. The van der Waals surface area contributed by atoms with E-state index in [-0.39, 0.29) is 5.41 Å². The summed E-state index contributed by atoms with van der Waals surface area (Å²) in [5.74, 6) is 0. The van der Waals surface area contributed by atoms with Gasteiger partial charge in [0.05, 0.1) is 16.8 Å². The predicted molar refractivity (Wildman–Crippen MR) is 232 cm³/mol. The summed E-state index contributed by atoms with van der Waals surface area (Å²) in [6.45, 7) is 4.72. The number of nitrogens with zero attached hydrogens (tertiary/aromatic N) is 1. The molecule has 2 heteroatoms. The third-order valence-corrected chi connectivity index (χ3v) is 11.8. The van der Waals surface area contributed by atoms with E-state index in [0.717, 1.165) is 39.0 Å². The fourth-order valence-corrected chi connectivity index (χ4v) is 9.15. The van der Waals surface area contributed by atoms with Crippen LogP contribution in [0, 0.1) is 0 Å². The minimum absolute atomic E-state index is 0.157. The average Bonchev–Trinajstić information content (AvgIpc) is 3.73. The van der Waals surface area contributed by atoms with Crippen LogP contribution >= 0.6 is 0 Å². The summed E-state index contributed by atoms with van der Waals surface area (Å²) in [4.78, 5) is 2.48. The van der Waals surface area contributed by atoms with Crippen LogP contribution in [0.3, 0.4) is 0 Å². The van der Waals surface area contributed by atoms with Gasteiger partial charge in [0.2, 0.25) is 0 Å². The van der Waals surface area contributed by atoms with Crippen LogP contribution in [0.1, 0.15) is 25.0 Å². The number of rotatable bonds is 5. The highest BCUT2D eigenvalue weighted by Crippen LogP contribution is 2.53. The van der Waals surface area contributed by atoms with Gasteiger partial charge in [-0.2, -0.15) is 0 Å². The van der Waals surface area contributed by atoms with Gasteiger partial charge in [-0.25, -0.2) is 0 Å². The molecule has 0 saturated heterocycles. The minimum Gasteiger partial charge on any atom is -0.456 e. The Labute approximate surface area is 320 Å². The minimum atomic E-state index is -0.157. The Balaban J connectivity index is 1.24. The van der Waals surface area contributed by atoms with Gasteiger partial charge in [0.25, 0.3) is 0 Å². The highest BCUT2D eigenvalue weighted by molar-refractivity contribution is 6.14. The van der Waals surface area contributed by atoms with Gasteiger partial charge in [0.1, 0.15) is 11.2 Å². The van der Waals surface area contributed by atoms with Gasteiger partial charge in [-0.05, 0) is 109 Å². The Hall–Kier alpha value is -6.90. The normalized spacial score (nSPS) is 13.1. The molecule has 1 aromatic heterocycles. The van der Waals surface area contributed by atoms with Crippen LogP contribution in [0.5, 0.6) is 0 Å². The van der Waals surface area contributed by atoms with E-state index in [1.54, 1.807) is 0 Å². The molecular weight excluding hydrogens is 667 g/mol. The lowest BCUT2D eigenvalue weighted by Crippen LogP contribution is -2.17. The standard InChI is InChI=1S/C53H37NO/c1-53(2)45-20-9-7-17-42(45)43-30-29-40(33-46(43)53)54(48-22-12-24-50-52(48)44-18-8-10-23-49(44)55-50)47-21-11-19-41(38-27-25-34-13-3-5-15-36(34)31-38)51(47)39-28-26-35-14-4-6-16-37(35)32-39/h3-33H,1-2H3. The summed E-state index contributed by atoms with van der Waals surface area (Å²) in [6, 6.07) is 68.7. The maximum absolute atomic E-state index is 6.53. The van der Waals surface area contributed by atoms with Crippen molar-refractivity contribution >= 4 is 60.5 Å². The van der Waals surface area contributed by atoms with E-state index >= 15 is 0 Å². The summed E-state index contributed by atoms with van der Waals surface area (Å²) in [6.07, 6.45) is 0. The molecular formula is C53H37NO. The van der Waals surface area contributed by atoms with Crippen molar-refractivity contribution in [1.82, 2.24) is 0 Å². The van der Waals surface area contributed by atoms with Crippen molar-refractivity contribution in [2.75, 3.05) is 4.90 Å². The molecule has 1 aliphatic rings. The zero-order valence-corrected chi connectivity index (χ0v) is 30.8. The number of fused-ring (bicyclic) bond motifs is 8. The van der Waals surface area contributed by atoms with Gasteiger partial charge in [0.15, 0.2) is 0 Å². The number of anilines is 3. The van der Waals surface area contributed by atoms with E-state index in [9.17, 15) is 0 Å². The van der Waals surface area contributed by atoms with Crippen molar-refractivity contribution in [2.45, 2.75) is 19.3 Å². The highest BCUT2D eigenvalue weighted by Gasteiger charge is 2.36. The molecule has 260 valence electrons. The number of hydrogen-bond donors (Lipinski definition) is 0. The highest BCUT2D eigenvalue weighted by atomic mass is 16.3. The van der Waals surface area contributed by atoms with E-state index in [4.69, 9.17) is 4.42 Å². The fourth-order valence-electron chi connectivity index (χ4n) is 9.15. The summed E-state index contributed by atoms with van der Waals surface area (Å²) >= 11 is 0. The number of hydrogen-bond acceptors (Lipinski definition) is 2. The van der Waals surface area contributed by atoms with E-state index in [1.165, 1.54) is 66.1 Å². The molecule has 0 radical (unpaired) electrons. The monoisotopic (exact) mass is 703 g/mol. The second kappa shape index (κ2) is 12.1. The zero-order chi connectivity index (χ0) is 36.7. The summed E-state index contributed by atoms with van der Waals surface area (Å²) in [5, 5.41) is 7.10. The SMILES string of the molecule is CC1(C)c2ccccc2-c2ccc(N(c3cccc(-c4ccc5ccccc5c4)c3-c3ccc4ccccc4c3)c3cccc4oc5ccccc5c34)cc21. The van der Waals surface area contributed by atoms with Crippen molar-refractivity contribution in [3.05, 3.63) is 199 Å². The zero-order valence-electron chi connectivity index (χ0n) is 30.8. The molecule has 9 aromatic carbocycles. The molecule has 10 aromatic rings.